The van der Waals surface area contributed by atoms with Crippen LogP contribution in [0.4, 0.5) is 5.69 Å². The molecule has 2 aromatic carbocycles. The summed E-state index contributed by atoms with van der Waals surface area (Å²) in [7, 11) is 0. The summed E-state index contributed by atoms with van der Waals surface area (Å²) in [6, 6.07) is 14.3. The highest BCUT2D eigenvalue weighted by molar-refractivity contribution is 6.37. The molecule has 0 atom stereocenters. The van der Waals surface area contributed by atoms with E-state index in [-0.39, 0.29) is 12.5 Å². The number of ether oxygens (including phenoxy) is 1. The summed E-state index contributed by atoms with van der Waals surface area (Å²) in [4.78, 5) is 16.4. The highest BCUT2D eigenvalue weighted by atomic mass is 35.5. The average Bonchev–Trinajstić information content (AvgIpc) is 2.55. The molecule has 3 aromatic rings. The lowest BCUT2D eigenvalue weighted by Crippen LogP contribution is -2.20. The standard InChI is InChI=1S/C17H12Cl2N2O2/c18-12-6-2-7-13(19)17(12)23-10-15(22)21-14-8-1-4-11-5-3-9-20-16(11)14/h1-9H,10H2,(H,21,22). The minimum Gasteiger partial charge on any atom is -0.481 e. The van der Waals surface area contributed by atoms with Crippen molar-refractivity contribution in [2.24, 2.45) is 0 Å². The zero-order valence-corrected chi connectivity index (χ0v) is 13.4. The Morgan fingerprint density at radius 1 is 1.04 bits per heavy atom. The molecule has 1 N–H and O–H groups in total. The topological polar surface area (TPSA) is 51.2 Å². The summed E-state index contributed by atoms with van der Waals surface area (Å²) in [5, 5.41) is 4.44. The van der Waals surface area contributed by atoms with Gasteiger partial charge in [0.2, 0.25) is 0 Å². The van der Waals surface area contributed by atoms with E-state index in [4.69, 9.17) is 27.9 Å². The molecule has 116 valence electrons. The number of aromatic nitrogens is 1. The SMILES string of the molecule is O=C(COc1c(Cl)cccc1Cl)Nc1cccc2cccnc12. The van der Waals surface area contributed by atoms with Crippen molar-refractivity contribution in [1.82, 2.24) is 4.98 Å². The number of anilines is 1. The van der Waals surface area contributed by atoms with Gasteiger partial charge < -0.3 is 10.1 Å². The van der Waals surface area contributed by atoms with Gasteiger partial charge in [0, 0.05) is 11.6 Å². The summed E-state index contributed by atoms with van der Waals surface area (Å²) in [5.74, 6) is -0.0267. The maximum Gasteiger partial charge on any atom is 0.262 e. The fourth-order valence-corrected chi connectivity index (χ4v) is 2.66. The molecule has 1 amide bonds. The number of hydrogen-bond acceptors (Lipinski definition) is 3. The normalized spacial score (nSPS) is 10.5. The lowest BCUT2D eigenvalue weighted by molar-refractivity contribution is -0.118. The first kappa shape index (κ1) is 15.6. The molecule has 1 heterocycles. The van der Waals surface area contributed by atoms with Crippen molar-refractivity contribution < 1.29 is 9.53 Å². The molecular weight excluding hydrogens is 335 g/mol. The van der Waals surface area contributed by atoms with Crippen molar-refractivity contribution in [2.75, 3.05) is 11.9 Å². The van der Waals surface area contributed by atoms with Crippen LogP contribution in [0.2, 0.25) is 10.0 Å². The Morgan fingerprint density at radius 3 is 2.52 bits per heavy atom. The second-order valence-electron chi connectivity index (χ2n) is 4.77. The van der Waals surface area contributed by atoms with Crippen LogP contribution in [0, 0.1) is 0 Å². The van der Waals surface area contributed by atoms with Crippen molar-refractivity contribution in [3.63, 3.8) is 0 Å². The highest BCUT2D eigenvalue weighted by Crippen LogP contribution is 2.32. The molecule has 4 nitrogen and oxygen atoms in total. The van der Waals surface area contributed by atoms with E-state index in [1.807, 2.05) is 24.3 Å². The Hall–Kier alpha value is -2.30. The van der Waals surface area contributed by atoms with Crippen LogP contribution in [-0.2, 0) is 4.79 Å². The fraction of sp³-hybridized carbons (Fsp3) is 0.0588. The van der Waals surface area contributed by atoms with E-state index in [9.17, 15) is 4.79 Å². The Morgan fingerprint density at radius 2 is 1.74 bits per heavy atom. The van der Waals surface area contributed by atoms with Gasteiger partial charge in [-0.15, -0.1) is 0 Å². The number of nitrogens with one attached hydrogen (secondary N) is 1. The number of hydrogen-bond donors (Lipinski definition) is 1. The lowest BCUT2D eigenvalue weighted by Gasteiger charge is -2.11. The third-order valence-electron chi connectivity index (χ3n) is 3.17. The van der Waals surface area contributed by atoms with Crippen molar-refractivity contribution in [1.29, 1.82) is 0 Å². The van der Waals surface area contributed by atoms with Gasteiger partial charge in [0.1, 0.15) is 0 Å². The second kappa shape index (κ2) is 6.86. The fourth-order valence-electron chi connectivity index (χ4n) is 2.15. The number of para-hydroxylation sites is 2. The molecule has 6 heteroatoms. The molecule has 0 radical (unpaired) electrons. The summed E-state index contributed by atoms with van der Waals surface area (Å²) >= 11 is 12.0. The molecule has 0 saturated heterocycles. The Labute approximate surface area is 143 Å². The number of carbonyl (C=O) groups is 1. The third-order valence-corrected chi connectivity index (χ3v) is 3.77. The molecule has 0 aliphatic heterocycles. The van der Waals surface area contributed by atoms with Gasteiger partial charge in [0.25, 0.3) is 5.91 Å². The molecular formula is C17H12Cl2N2O2. The molecule has 0 aliphatic carbocycles. The third kappa shape index (κ3) is 3.55. The van der Waals surface area contributed by atoms with Crippen molar-refractivity contribution in [3.05, 3.63) is 64.8 Å². The number of pyridine rings is 1. The molecule has 3 rings (SSSR count). The van der Waals surface area contributed by atoms with Gasteiger partial charge in [-0.25, -0.2) is 0 Å². The van der Waals surface area contributed by atoms with E-state index in [0.717, 1.165) is 10.9 Å². The van der Waals surface area contributed by atoms with E-state index in [0.29, 0.717) is 21.5 Å². The van der Waals surface area contributed by atoms with Crippen LogP contribution in [0.15, 0.2) is 54.7 Å². The zero-order chi connectivity index (χ0) is 16.2. The molecule has 1 aromatic heterocycles. The van der Waals surface area contributed by atoms with Gasteiger partial charge in [0.15, 0.2) is 12.4 Å². The van der Waals surface area contributed by atoms with Crippen LogP contribution in [0.3, 0.4) is 0 Å². The largest absolute Gasteiger partial charge is 0.481 e. The molecule has 0 saturated carbocycles. The number of fused-ring (bicyclic) bond motifs is 1. The van der Waals surface area contributed by atoms with Gasteiger partial charge in [-0.2, -0.15) is 0 Å². The summed E-state index contributed by atoms with van der Waals surface area (Å²) < 4.78 is 5.42. The number of amides is 1. The summed E-state index contributed by atoms with van der Waals surface area (Å²) in [5.41, 5.74) is 1.35. The van der Waals surface area contributed by atoms with Gasteiger partial charge >= 0.3 is 0 Å². The van der Waals surface area contributed by atoms with E-state index in [1.54, 1.807) is 30.5 Å². The number of benzene rings is 2. The first-order valence-corrected chi connectivity index (χ1v) is 7.61. The first-order chi connectivity index (χ1) is 11.1. The molecule has 0 fully saturated rings. The van der Waals surface area contributed by atoms with E-state index in [2.05, 4.69) is 10.3 Å². The quantitative estimate of drug-likeness (QED) is 0.753. The molecule has 0 aliphatic rings. The summed E-state index contributed by atoms with van der Waals surface area (Å²) in [6.45, 7) is -0.202. The van der Waals surface area contributed by atoms with Crippen LogP contribution in [0.5, 0.6) is 5.75 Å². The number of carbonyl (C=O) groups excluding carboxylic acids is 1. The zero-order valence-electron chi connectivity index (χ0n) is 11.9. The van der Waals surface area contributed by atoms with Gasteiger partial charge in [-0.05, 0) is 24.3 Å². The van der Waals surface area contributed by atoms with Gasteiger partial charge in [0.05, 0.1) is 21.2 Å². The van der Waals surface area contributed by atoms with Gasteiger partial charge in [-0.3, -0.25) is 9.78 Å². The van der Waals surface area contributed by atoms with Crippen LogP contribution >= 0.6 is 23.2 Å². The minimum atomic E-state index is -0.320. The van der Waals surface area contributed by atoms with E-state index in [1.165, 1.54) is 0 Å². The maximum absolute atomic E-state index is 12.1. The van der Waals surface area contributed by atoms with Crippen LogP contribution in [0.25, 0.3) is 10.9 Å². The van der Waals surface area contributed by atoms with Crippen LogP contribution in [-0.4, -0.2) is 17.5 Å². The highest BCUT2D eigenvalue weighted by Gasteiger charge is 2.11. The number of rotatable bonds is 4. The Bertz CT molecular complexity index is 843. The van der Waals surface area contributed by atoms with E-state index >= 15 is 0 Å². The second-order valence-corrected chi connectivity index (χ2v) is 5.58. The Kier molecular flexibility index (Phi) is 4.65. The number of nitrogens with zero attached hydrogens (tertiary/aromatic N) is 1. The monoisotopic (exact) mass is 346 g/mol. The average molecular weight is 347 g/mol. The van der Waals surface area contributed by atoms with Gasteiger partial charge in [-0.1, -0.05) is 47.5 Å². The summed E-state index contributed by atoms with van der Waals surface area (Å²) in [6.07, 6.45) is 1.68. The van der Waals surface area contributed by atoms with Crippen molar-refractivity contribution >= 4 is 45.7 Å². The lowest BCUT2D eigenvalue weighted by atomic mass is 10.2. The predicted molar refractivity (Wildman–Crippen MR) is 92.3 cm³/mol. The predicted octanol–water partition coefficient (Wildman–Crippen LogP) is 4.56. The first-order valence-electron chi connectivity index (χ1n) is 6.85. The molecule has 0 unspecified atom stereocenters. The molecule has 23 heavy (non-hydrogen) atoms. The maximum atomic E-state index is 12.1. The minimum absolute atomic E-state index is 0.202. The van der Waals surface area contributed by atoms with Crippen LogP contribution in [0.1, 0.15) is 0 Å². The van der Waals surface area contributed by atoms with E-state index < -0.39 is 0 Å². The molecule has 0 spiro atoms. The molecule has 0 bridgehead atoms. The Balaban J connectivity index is 1.72. The number of halogens is 2. The smallest absolute Gasteiger partial charge is 0.262 e. The van der Waals surface area contributed by atoms with Crippen molar-refractivity contribution in [3.8, 4) is 5.75 Å². The van der Waals surface area contributed by atoms with Crippen molar-refractivity contribution in [2.45, 2.75) is 0 Å². The van der Waals surface area contributed by atoms with Crippen LogP contribution < -0.4 is 10.1 Å².